The molecule has 2 heterocycles. The van der Waals surface area contributed by atoms with Gasteiger partial charge in [0.1, 0.15) is 5.69 Å². The average molecular weight is 210 g/mol. The van der Waals surface area contributed by atoms with Gasteiger partial charge >= 0.3 is 0 Å². The van der Waals surface area contributed by atoms with Gasteiger partial charge in [0.2, 0.25) is 5.95 Å². The molecule has 1 aliphatic heterocycles. The molecule has 0 radical (unpaired) electrons. The summed E-state index contributed by atoms with van der Waals surface area (Å²) in [5.74, 6) is 0.498. The third-order valence-electron chi connectivity index (χ3n) is 2.61. The van der Waals surface area contributed by atoms with Crippen molar-refractivity contribution in [3.63, 3.8) is 0 Å². The number of hydrogen-bond donors (Lipinski definition) is 2. The molecular formula is C9H14N4O2. The third kappa shape index (κ3) is 2.15. The van der Waals surface area contributed by atoms with E-state index >= 15 is 0 Å². The number of aliphatic hydroxyl groups is 1. The van der Waals surface area contributed by atoms with Crippen molar-refractivity contribution in [2.24, 2.45) is 0 Å². The Balaban J connectivity index is 2.16. The van der Waals surface area contributed by atoms with Gasteiger partial charge in [-0.3, -0.25) is 9.78 Å². The molecule has 6 nitrogen and oxygen atoms in total. The summed E-state index contributed by atoms with van der Waals surface area (Å²) in [6, 6.07) is 0. The van der Waals surface area contributed by atoms with Crippen molar-refractivity contribution in [2.45, 2.75) is 25.9 Å². The van der Waals surface area contributed by atoms with Crippen LogP contribution >= 0.6 is 0 Å². The van der Waals surface area contributed by atoms with E-state index in [2.05, 4.69) is 15.2 Å². The van der Waals surface area contributed by atoms with Crippen molar-refractivity contribution in [3.8, 4) is 0 Å². The highest BCUT2D eigenvalue weighted by atomic mass is 16.3. The summed E-state index contributed by atoms with van der Waals surface area (Å²) in [4.78, 5) is 15.9. The van der Waals surface area contributed by atoms with E-state index in [-0.39, 0.29) is 11.7 Å². The first kappa shape index (κ1) is 10.1. The molecule has 1 aromatic rings. The predicted molar refractivity (Wildman–Crippen MR) is 54.8 cm³/mol. The maximum absolute atomic E-state index is 11.3. The minimum absolute atomic E-state index is 0.203. The first-order valence-electron chi connectivity index (χ1n) is 5.03. The second-order valence-corrected chi connectivity index (χ2v) is 3.78. The van der Waals surface area contributed by atoms with Gasteiger partial charge in [-0.1, -0.05) is 0 Å². The molecule has 82 valence electrons. The minimum atomic E-state index is -0.230. The molecular weight excluding hydrogens is 196 g/mol. The van der Waals surface area contributed by atoms with Crippen LogP contribution in [0.25, 0.3) is 0 Å². The van der Waals surface area contributed by atoms with Crippen LogP contribution in [0.4, 0.5) is 5.95 Å². The van der Waals surface area contributed by atoms with Gasteiger partial charge in [0.25, 0.3) is 5.56 Å². The lowest BCUT2D eigenvalue weighted by molar-refractivity contribution is 0.145. The van der Waals surface area contributed by atoms with Crippen molar-refractivity contribution in [2.75, 3.05) is 18.0 Å². The summed E-state index contributed by atoms with van der Waals surface area (Å²) in [6.07, 6.45) is 1.18. The number of nitrogens with zero attached hydrogens (tertiary/aromatic N) is 3. The first-order valence-corrected chi connectivity index (χ1v) is 5.03. The average Bonchev–Trinajstić information content (AvgIpc) is 2.23. The molecule has 1 aromatic heterocycles. The molecule has 2 N–H and O–H groups in total. The lowest BCUT2D eigenvalue weighted by atomic mass is 10.1. The largest absolute Gasteiger partial charge is 0.393 e. The van der Waals surface area contributed by atoms with Crippen molar-refractivity contribution in [1.82, 2.24) is 15.2 Å². The van der Waals surface area contributed by atoms with Gasteiger partial charge in [0, 0.05) is 13.1 Å². The van der Waals surface area contributed by atoms with Crippen LogP contribution in [0.15, 0.2) is 4.79 Å². The van der Waals surface area contributed by atoms with E-state index in [0.29, 0.717) is 37.6 Å². The Labute approximate surface area is 87.0 Å². The molecule has 0 spiro atoms. The summed E-state index contributed by atoms with van der Waals surface area (Å²) < 4.78 is 0. The lowest BCUT2D eigenvalue weighted by Crippen LogP contribution is -2.38. The topological polar surface area (TPSA) is 82.1 Å². The van der Waals surface area contributed by atoms with Gasteiger partial charge in [-0.2, -0.15) is 0 Å². The number of H-pyrrole nitrogens is 1. The molecule has 0 aromatic carbocycles. The van der Waals surface area contributed by atoms with Crippen LogP contribution in [-0.4, -0.2) is 39.5 Å². The van der Waals surface area contributed by atoms with Gasteiger partial charge in [-0.25, -0.2) is 0 Å². The quantitative estimate of drug-likeness (QED) is 0.649. The number of rotatable bonds is 1. The molecule has 0 atom stereocenters. The van der Waals surface area contributed by atoms with Crippen molar-refractivity contribution in [3.05, 3.63) is 16.0 Å². The highest BCUT2D eigenvalue weighted by Gasteiger charge is 2.19. The first-order chi connectivity index (χ1) is 7.16. The molecule has 2 rings (SSSR count). The van der Waals surface area contributed by atoms with Gasteiger partial charge in [0.05, 0.1) is 6.10 Å². The number of aryl methyl sites for hydroxylation is 1. The van der Waals surface area contributed by atoms with Gasteiger partial charge in [-0.15, -0.1) is 10.2 Å². The Morgan fingerprint density at radius 2 is 2.07 bits per heavy atom. The van der Waals surface area contributed by atoms with Crippen LogP contribution < -0.4 is 10.5 Å². The Kier molecular flexibility index (Phi) is 2.68. The maximum atomic E-state index is 11.3. The molecule has 0 unspecified atom stereocenters. The minimum Gasteiger partial charge on any atom is -0.393 e. The van der Waals surface area contributed by atoms with Crippen molar-refractivity contribution in [1.29, 1.82) is 0 Å². The second kappa shape index (κ2) is 3.98. The van der Waals surface area contributed by atoms with E-state index in [1.807, 2.05) is 4.90 Å². The number of nitrogens with one attached hydrogen (secondary N) is 1. The second-order valence-electron chi connectivity index (χ2n) is 3.78. The van der Waals surface area contributed by atoms with Crippen LogP contribution in [0.2, 0.25) is 0 Å². The molecule has 15 heavy (non-hydrogen) atoms. The summed E-state index contributed by atoms with van der Waals surface area (Å²) in [7, 11) is 0. The fourth-order valence-electron chi connectivity index (χ4n) is 1.60. The number of aromatic amines is 1. The van der Waals surface area contributed by atoms with E-state index in [1.54, 1.807) is 6.92 Å². The summed E-state index contributed by atoms with van der Waals surface area (Å²) in [5, 5.41) is 17.0. The molecule has 0 amide bonds. The molecule has 1 aliphatic rings. The van der Waals surface area contributed by atoms with Crippen LogP contribution in [0, 0.1) is 6.92 Å². The molecule has 1 saturated heterocycles. The zero-order valence-corrected chi connectivity index (χ0v) is 8.60. The van der Waals surface area contributed by atoms with Crippen molar-refractivity contribution < 1.29 is 5.11 Å². The summed E-state index contributed by atoms with van der Waals surface area (Å²) in [5.41, 5.74) is 0.168. The lowest BCUT2D eigenvalue weighted by Gasteiger charge is -2.29. The van der Waals surface area contributed by atoms with E-state index in [0.717, 1.165) is 0 Å². The summed E-state index contributed by atoms with van der Waals surface area (Å²) >= 11 is 0. The Morgan fingerprint density at radius 3 is 2.67 bits per heavy atom. The van der Waals surface area contributed by atoms with Crippen LogP contribution in [0.1, 0.15) is 18.5 Å². The predicted octanol–water partition coefficient (Wildman–Crippen LogP) is -0.566. The number of hydrogen-bond acceptors (Lipinski definition) is 5. The Morgan fingerprint density at radius 1 is 1.40 bits per heavy atom. The SMILES string of the molecule is Cc1nnc(N2CCC(O)CC2)[nH]c1=O. The van der Waals surface area contributed by atoms with Gasteiger partial charge < -0.3 is 10.0 Å². The van der Waals surface area contributed by atoms with Crippen LogP contribution in [0.3, 0.4) is 0 Å². The van der Waals surface area contributed by atoms with E-state index in [9.17, 15) is 9.90 Å². The number of aromatic nitrogens is 3. The Bertz CT molecular complexity index is 395. The molecule has 0 saturated carbocycles. The summed E-state index contributed by atoms with van der Waals surface area (Å²) in [6.45, 7) is 3.03. The fraction of sp³-hybridized carbons (Fsp3) is 0.667. The molecule has 0 aliphatic carbocycles. The number of piperidine rings is 1. The zero-order valence-electron chi connectivity index (χ0n) is 8.60. The monoisotopic (exact) mass is 210 g/mol. The number of anilines is 1. The van der Waals surface area contributed by atoms with E-state index < -0.39 is 0 Å². The van der Waals surface area contributed by atoms with Gasteiger partial charge in [-0.05, 0) is 19.8 Å². The van der Waals surface area contributed by atoms with Gasteiger partial charge in [0.15, 0.2) is 0 Å². The van der Waals surface area contributed by atoms with Crippen molar-refractivity contribution >= 4 is 5.95 Å². The highest BCUT2D eigenvalue weighted by molar-refractivity contribution is 5.28. The standard InChI is InChI=1S/C9H14N4O2/c1-6-8(15)10-9(12-11-6)13-4-2-7(14)3-5-13/h7,14H,2-5H2,1H3,(H,10,12,15). The maximum Gasteiger partial charge on any atom is 0.273 e. The Hall–Kier alpha value is -1.43. The van der Waals surface area contributed by atoms with Crippen LogP contribution in [-0.2, 0) is 0 Å². The van der Waals surface area contributed by atoms with E-state index in [4.69, 9.17) is 0 Å². The molecule has 0 bridgehead atoms. The molecule has 6 heteroatoms. The highest BCUT2D eigenvalue weighted by Crippen LogP contribution is 2.13. The molecule has 1 fully saturated rings. The zero-order chi connectivity index (χ0) is 10.8. The number of aliphatic hydroxyl groups excluding tert-OH is 1. The van der Waals surface area contributed by atoms with E-state index in [1.165, 1.54) is 0 Å². The van der Waals surface area contributed by atoms with Crippen LogP contribution in [0.5, 0.6) is 0 Å². The normalized spacial score (nSPS) is 18.1. The fourth-order valence-corrected chi connectivity index (χ4v) is 1.60. The third-order valence-corrected chi connectivity index (χ3v) is 2.61. The smallest absolute Gasteiger partial charge is 0.273 e.